The zero-order valence-corrected chi connectivity index (χ0v) is 15.1. The quantitative estimate of drug-likeness (QED) is 0.565. The van der Waals surface area contributed by atoms with Crippen molar-refractivity contribution < 1.29 is 4.79 Å². The monoisotopic (exact) mass is 385 g/mol. The molecule has 0 aliphatic heterocycles. The number of hydrogen-bond donors (Lipinski definition) is 2. The lowest BCUT2D eigenvalue weighted by Crippen LogP contribution is -2.19. The Morgan fingerprint density at radius 1 is 1.23 bits per heavy atom. The number of thiophene rings is 1. The van der Waals surface area contributed by atoms with E-state index in [1.165, 1.54) is 10.9 Å². The Kier molecular flexibility index (Phi) is 4.06. The van der Waals surface area contributed by atoms with Crippen molar-refractivity contribution in [2.75, 3.05) is 5.32 Å². The minimum Gasteiger partial charge on any atom is -0.320 e. The Hall–Kier alpha value is -2.97. The summed E-state index contributed by atoms with van der Waals surface area (Å²) in [4.78, 5) is 25.7. The van der Waals surface area contributed by atoms with Gasteiger partial charge in [-0.1, -0.05) is 11.6 Å². The van der Waals surface area contributed by atoms with E-state index in [2.05, 4.69) is 20.8 Å². The summed E-state index contributed by atoms with van der Waals surface area (Å²) in [6.45, 7) is 2.03. The van der Waals surface area contributed by atoms with Crippen molar-refractivity contribution in [2.24, 2.45) is 0 Å². The van der Waals surface area contributed by atoms with Crippen molar-refractivity contribution >= 4 is 44.6 Å². The number of tetrazole rings is 1. The molecule has 0 saturated heterocycles. The standard InChI is InChI=1S/C17H12ClN5O2S/c1-9-6-11-7-10(2-5-15(11)26-9)16(24)19-13-4-3-12(18)8-14(13)23-17(25)20-21-22-23/h2-8H,1H3,(H,19,24)(H,20,22,25). The molecule has 0 aliphatic carbocycles. The second-order valence-electron chi connectivity index (χ2n) is 5.64. The largest absolute Gasteiger partial charge is 0.365 e. The van der Waals surface area contributed by atoms with Gasteiger partial charge in [0, 0.05) is 20.2 Å². The fraction of sp³-hybridized carbons (Fsp3) is 0.0588. The Bertz CT molecular complexity index is 1190. The molecule has 26 heavy (non-hydrogen) atoms. The van der Waals surface area contributed by atoms with Crippen LogP contribution >= 0.6 is 22.9 Å². The van der Waals surface area contributed by atoms with Gasteiger partial charge in [0.25, 0.3) is 5.91 Å². The molecule has 9 heteroatoms. The van der Waals surface area contributed by atoms with Crippen LogP contribution in [0.5, 0.6) is 0 Å². The molecule has 4 rings (SSSR count). The van der Waals surface area contributed by atoms with Crippen LogP contribution in [0, 0.1) is 6.92 Å². The van der Waals surface area contributed by atoms with Gasteiger partial charge in [-0.2, -0.15) is 4.68 Å². The number of aryl methyl sites for hydroxylation is 1. The number of carbonyl (C=O) groups is 1. The lowest BCUT2D eigenvalue weighted by Gasteiger charge is -2.10. The zero-order valence-electron chi connectivity index (χ0n) is 13.5. The normalized spacial score (nSPS) is 11.0. The number of nitrogens with one attached hydrogen (secondary N) is 2. The van der Waals surface area contributed by atoms with Gasteiger partial charge >= 0.3 is 5.69 Å². The molecule has 2 aromatic carbocycles. The molecule has 0 bridgehead atoms. The van der Waals surface area contributed by atoms with Gasteiger partial charge in [0.05, 0.1) is 11.4 Å². The molecular weight excluding hydrogens is 374 g/mol. The van der Waals surface area contributed by atoms with E-state index in [0.29, 0.717) is 22.0 Å². The van der Waals surface area contributed by atoms with Gasteiger partial charge in [-0.05, 0) is 65.2 Å². The van der Waals surface area contributed by atoms with Crippen LogP contribution in [-0.2, 0) is 0 Å². The number of anilines is 1. The van der Waals surface area contributed by atoms with E-state index < -0.39 is 5.69 Å². The van der Waals surface area contributed by atoms with Crippen LogP contribution < -0.4 is 11.0 Å². The highest BCUT2D eigenvalue weighted by molar-refractivity contribution is 7.19. The number of nitrogens with zero attached hydrogens (tertiary/aromatic N) is 3. The predicted molar refractivity (Wildman–Crippen MR) is 102 cm³/mol. The van der Waals surface area contributed by atoms with E-state index in [1.807, 2.05) is 25.1 Å². The number of fused-ring (bicyclic) bond motifs is 1. The topological polar surface area (TPSA) is 92.7 Å². The Labute approximate surface area is 156 Å². The van der Waals surface area contributed by atoms with Gasteiger partial charge in [0.2, 0.25) is 0 Å². The number of carbonyl (C=O) groups excluding carboxylic acids is 1. The van der Waals surface area contributed by atoms with Gasteiger partial charge in [0.1, 0.15) is 0 Å². The van der Waals surface area contributed by atoms with Gasteiger partial charge < -0.3 is 5.32 Å². The number of H-pyrrole nitrogens is 1. The minimum atomic E-state index is -0.530. The number of hydrogen-bond acceptors (Lipinski definition) is 5. The lowest BCUT2D eigenvalue weighted by molar-refractivity contribution is 0.102. The summed E-state index contributed by atoms with van der Waals surface area (Å²) in [5.74, 6) is -0.295. The third-order valence-electron chi connectivity index (χ3n) is 3.81. The van der Waals surface area contributed by atoms with Crippen LogP contribution in [0.4, 0.5) is 5.69 Å². The smallest absolute Gasteiger partial charge is 0.320 e. The Morgan fingerprint density at radius 2 is 2.08 bits per heavy atom. The molecule has 7 nitrogen and oxygen atoms in total. The molecule has 1 amide bonds. The van der Waals surface area contributed by atoms with E-state index in [0.717, 1.165) is 14.8 Å². The van der Waals surface area contributed by atoms with Crippen LogP contribution in [0.3, 0.4) is 0 Å². The molecule has 0 saturated carbocycles. The highest BCUT2D eigenvalue weighted by atomic mass is 35.5. The van der Waals surface area contributed by atoms with E-state index in [-0.39, 0.29) is 5.91 Å². The summed E-state index contributed by atoms with van der Waals surface area (Å²) in [6, 6.07) is 12.3. The number of aromatic amines is 1. The average Bonchev–Trinajstić information content (AvgIpc) is 3.20. The summed E-state index contributed by atoms with van der Waals surface area (Å²) >= 11 is 7.70. The second-order valence-corrected chi connectivity index (χ2v) is 7.37. The fourth-order valence-corrected chi connectivity index (χ4v) is 3.72. The summed E-state index contributed by atoms with van der Waals surface area (Å²) < 4.78 is 2.16. The summed E-state index contributed by atoms with van der Waals surface area (Å²) in [6.07, 6.45) is 0. The van der Waals surface area contributed by atoms with Crippen molar-refractivity contribution in [1.82, 2.24) is 20.2 Å². The average molecular weight is 386 g/mol. The zero-order chi connectivity index (χ0) is 18.3. The fourth-order valence-electron chi connectivity index (χ4n) is 2.65. The second kappa shape index (κ2) is 6.40. The van der Waals surface area contributed by atoms with Crippen LogP contribution in [-0.4, -0.2) is 26.1 Å². The molecular formula is C17H12ClN5O2S. The van der Waals surface area contributed by atoms with Crippen LogP contribution in [0.15, 0.2) is 47.3 Å². The number of amides is 1. The number of benzene rings is 2. The minimum absolute atomic E-state index is 0.295. The number of aromatic nitrogens is 4. The first kappa shape index (κ1) is 16.5. The summed E-state index contributed by atoms with van der Waals surface area (Å²) in [7, 11) is 0. The lowest BCUT2D eigenvalue weighted by atomic mass is 10.1. The van der Waals surface area contributed by atoms with Crippen molar-refractivity contribution in [1.29, 1.82) is 0 Å². The van der Waals surface area contributed by atoms with Gasteiger partial charge in [-0.25, -0.2) is 9.89 Å². The van der Waals surface area contributed by atoms with Crippen molar-refractivity contribution in [3.8, 4) is 5.69 Å². The van der Waals surface area contributed by atoms with Crippen LogP contribution in [0.25, 0.3) is 15.8 Å². The van der Waals surface area contributed by atoms with E-state index in [4.69, 9.17) is 11.6 Å². The van der Waals surface area contributed by atoms with Gasteiger partial charge in [-0.15, -0.1) is 11.3 Å². The van der Waals surface area contributed by atoms with Crippen molar-refractivity contribution in [3.05, 3.63) is 68.4 Å². The summed E-state index contributed by atoms with van der Waals surface area (Å²) in [5, 5.41) is 13.6. The molecule has 2 aromatic heterocycles. The predicted octanol–water partition coefficient (Wildman–Crippen LogP) is 3.38. The van der Waals surface area contributed by atoms with Gasteiger partial charge in [0.15, 0.2) is 0 Å². The van der Waals surface area contributed by atoms with Gasteiger partial charge in [-0.3, -0.25) is 4.79 Å². The molecule has 0 spiro atoms. The summed E-state index contributed by atoms with van der Waals surface area (Å²) in [5.41, 5.74) is 0.718. The maximum atomic E-state index is 12.7. The van der Waals surface area contributed by atoms with Crippen LogP contribution in [0.1, 0.15) is 15.2 Å². The third-order valence-corrected chi connectivity index (χ3v) is 5.08. The SMILES string of the molecule is Cc1cc2cc(C(=O)Nc3ccc(Cl)cc3-n3nn[nH]c3=O)ccc2s1. The van der Waals surface area contributed by atoms with Crippen molar-refractivity contribution in [2.45, 2.75) is 6.92 Å². The molecule has 0 atom stereocenters. The maximum absolute atomic E-state index is 12.7. The number of halogens is 1. The van der Waals surface area contributed by atoms with Crippen LogP contribution in [0.2, 0.25) is 5.02 Å². The third kappa shape index (κ3) is 3.00. The molecule has 4 aromatic rings. The molecule has 2 heterocycles. The molecule has 130 valence electrons. The molecule has 0 aliphatic rings. The molecule has 0 unspecified atom stereocenters. The molecule has 0 radical (unpaired) electrons. The first-order valence-corrected chi connectivity index (χ1v) is 8.82. The Balaban J connectivity index is 1.71. The van der Waals surface area contributed by atoms with Crippen molar-refractivity contribution in [3.63, 3.8) is 0 Å². The van der Waals surface area contributed by atoms with E-state index in [1.54, 1.807) is 29.5 Å². The Morgan fingerprint density at radius 3 is 2.85 bits per heavy atom. The maximum Gasteiger partial charge on any atom is 0.365 e. The molecule has 2 N–H and O–H groups in total. The first-order chi connectivity index (χ1) is 12.5. The highest BCUT2D eigenvalue weighted by Crippen LogP contribution is 2.27. The number of rotatable bonds is 3. The molecule has 0 fully saturated rings. The first-order valence-electron chi connectivity index (χ1n) is 7.63. The highest BCUT2D eigenvalue weighted by Gasteiger charge is 2.14. The van der Waals surface area contributed by atoms with E-state index >= 15 is 0 Å². The van der Waals surface area contributed by atoms with E-state index in [9.17, 15) is 9.59 Å².